The van der Waals surface area contributed by atoms with E-state index in [0.29, 0.717) is 6.54 Å². The van der Waals surface area contributed by atoms with Gasteiger partial charge in [0.2, 0.25) is 0 Å². The molecular weight excluding hydrogens is 230 g/mol. The SMILES string of the molecule is CC(C)(CO)CNc1ccc(-n2cnnn2)cc1. The molecule has 1 aromatic heterocycles. The summed E-state index contributed by atoms with van der Waals surface area (Å²) in [6.45, 7) is 4.89. The smallest absolute Gasteiger partial charge is 0.143 e. The number of hydrogen-bond acceptors (Lipinski definition) is 5. The number of anilines is 1. The monoisotopic (exact) mass is 247 g/mol. The number of benzene rings is 1. The molecule has 0 unspecified atom stereocenters. The summed E-state index contributed by atoms with van der Waals surface area (Å²) in [7, 11) is 0. The lowest BCUT2D eigenvalue weighted by molar-refractivity contribution is 0.171. The Morgan fingerprint density at radius 2 is 2.00 bits per heavy atom. The van der Waals surface area contributed by atoms with Crippen LogP contribution < -0.4 is 5.32 Å². The van der Waals surface area contributed by atoms with Crippen LogP contribution in [-0.2, 0) is 0 Å². The minimum atomic E-state index is -0.130. The predicted molar refractivity (Wildman–Crippen MR) is 68.5 cm³/mol. The Hall–Kier alpha value is -1.95. The molecule has 0 aliphatic carbocycles. The van der Waals surface area contributed by atoms with Crippen molar-refractivity contribution in [3.05, 3.63) is 30.6 Å². The topological polar surface area (TPSA) is 75.9 Å². The van der Waals surface area contributed by atoms with Gasteiger partial charge in [-0.05, 0) is 34.7 Å². The maximum atomic E-state index is 9.18. The summed E-state index contributed by atoms with van der Waals surface area (Å²) >= 11 is 0. The van der Waals surface area contributed by atoms with Crippen molar-refractivity contribution in [1.82, 2.24) is 20.2 Å². The second-order valence-electron chi connectivity index (χ2n) is 4.98. The molecule has 0 atom stereocenters. The molecule has 0 amide bonds. The summed E-state index contributed by atoms with van der Waals surface area (Å²) in [5.41, 5.74) is 1.79. The van der Waals surface area contributed by atoms with E-state index >= 15 is 0 Å². The van der Waals surface area contributed by atoms with Crippen LogP contribution in [0.1, 0.15) is 13.8 Å². The Balaban J connectivity index is 2.00. The molecule has 2 aromatic rings. The van der Waals surface area contributed by atoms with Gasteiger partial charge in [0.05, 0.1) is 5.69 Å². The maximum absolute atomic E-state index is 9.18. The zero-order valence-corrected chi connectivity index (χ0v) is 10.5. The lowest BCUT2D eigenvalue weighted by atomic mass is 9.95. The first-order valence-electron chi connectivity index (χ1n) is 5.79. The quantitative estimate of drug-likeness (QED) is 0.827. The Morgan fingerprint density at radius 1 is 1.28 bits per heavy atom. The minimum absolute atomic E-state index is 0.130. The molecule has 0 fully saturated rings. The zero-order valence-electron chi connectivity index (χ0n) is 10.5. The number of hydrogen-bond donors (Lipinski definition) is 2. The summed E-state index contributed by atoms with van der Waals surface area (Å²) in [6.07, 6.45) is 1.55. The fourth-order valence-corrected chi connectivity index (χ4v) is 1.41. The summed E-state index contributed by atoms with van der Waals surface area (Å²) in [6, 6.07) is 7.80. The molecule has 0 spiro atoms. The third-order valence-electron chi connectivity index (χ3n) is 2.68. The Morgan fingerprint density at radius 3 is 2.56 bits per heavy atom. The number of rotatable bonds is 5. The second-order valence-corrected chi connectivity index (χ2v) is 4.98. The largest absolute Gasteiger partial charge is 0.396 e. The standard InChI is InChI=1S/C12H17N5O/c1-12(2,8-18)7-13-10-3-5-11(6-4-10)17-9-14-15-16-17/h3-6,9,13,18H,7-8H2,1-2H3. The van der Waals surface area contributed by atoms with Gasteiger partial charge in [0.15, 0.2) is 0 Å². The molecule has 0 bridgehead atoms. The molecule has 2 N–H and O–H groups in total. The van der Waals surface area contributed by atoms with Crippen LogP contribution in [0.2, 0.25) is 0 Å². The van der Waals surface area contributed by atoms with Gasteiger partial charge in [0.1, 0.15) is 6.33 Å². The molecule has 1 aromatic carbocycles. The van der Waals surface area contributed by atoms with Gasteiger partial charge in [-0.1, -0.05) is 13.8 Å². The molecule has 1 heterocycles. The van der Waals surface area contributed by atoms with Gasteiger partial charge >= 0.3 is 0 Å². The van der Waals surface area contributed by atoms with Gasteiger partial charge in [-0.15, -0.1) is 5.10 Å². The van der Waals surface area contributed by atoms with Crippen molar-refractivity contribution in [2.24, 2.45) is 5.41 Å². The molecule has 0 radical (unpaired) electrons. The van der Waals surface area contributed by atoms with Crippen LogP contribution in [-0.4, -0.2) is 38.5 Å². The van der Waals surface area contributed by atoms with Crippen molar-refractivity contribution >= 4 is 5.69 Å². The van der Waals surface area contributed by atoms with Crippen molar-refractivity contribution in [2.75, 3.05) is 18.5 Å². The van der Waals surface area contributed by atoms with Crippen molar-refractivity contribution in [3.63, 3.8) is 0 Å². The fraction of sp³-hybridized carbons (Fsp3) is 0.417. The van der Waals surface area contributed by atoms with Crippen LogP contribution in [0.15, 0.2) is 30.6 Å². The Kier molecular flexibility index (Phi) is 3.57. The molecule has 18 heavy (non-hydrogen) atoms. The molecule has 0 aliphatic heterocycles. The van der Waals surface area contributed by atoms with E-state index in [9.17, 15) is 5.11 Å². The molecular formula is C12H17N5O. The van der Waals surface area contributed by atoms with E-state index in [0.717, 1.165) is 11.4 Å². The highest BCUT2D eigenvalue weighted by molar-refractivity contribution is 5.48. The van der Waals surface area contributed by atoms with Crippen molar-refractivity contribution in [3.8, 4) is 5.69 Å². The summed E-state index contributed by atoms with van der Waals surface area (Å²) in [5.74, 6) is 0. The van der Waals surface area contributed by atoms with Crippen molar-refractivity contribution in [2.45, 2.75) is 13.8 Å². The van der Waals surface area contributed by atoms with E-state index in [1.807, 2.05) is 38.1 Å². The van der Waals surface area contributed by atoms with Crippen LogP contribution >= 0.6 is 0 Å². The van der Waals surface area contributed by atoms with E-state index in [2.05, 4.69) is 20.8 Å². The number of aromatic nitrogens is 4. The van der Waals surface area contributed by atoms with E-state index in [4.69, 9.17) is 0 Å². The van der Waals surface area contributed by atoms with Crippen LogP contribution in [0.3, 0.4) is 0 Å². The lowest BCUT2D eigenvalue weighted by Crippen LogP contribution is -2.26. The van der Waals surface area contributed by atoms with Crippen molar-refractivity contribution in [1.29, 1.82) is 0 Å². The predicted octanol–water partition coefficient (Wildman–Crippen LogP) is 1.09. The van der Waals surface area contributed by atoms with Gasteiger partial charge in [-0.2, -0.15) is 0 Å². The van der Waals surface area contributed by atoms with Gasteiger partial charge < -0.3 is 10.4 Å². The second kappa shape index (κ2) is 5.14. The molecule has 6 nitrogen and oxygen atoms in total. The van der Waals surface area contributed by atoms with Gasteiger partial charge in [0.25, 0.3) is 0 Å². The number of tetrazole rings is 1. The van der Waals surface area contributed by atoms with E-state index in [-0.39, 0.29) is 12.0 Å². The van der Waals surface area contributed by atoms with Crippen LogP contribution in [0.5, 0.6) is 0 Å². The van der Waals surface area contributed by atoms with E-state index in [1.165, 1.54) is 0 Å². The van der Waals surface area contributed by atoms with Crippen LogP contribution in [0.25, 0.3) is 5.69 Å². The van der Waals surface area contributed by atoms with Crippen molar-refractivity contribution < 1.29 is 5.11 Å². The minimum Gasteiger partial charge on any atom is -0.396 e. The first-order valence-corrected chi connectivity index (χ1v) is 5.79. The first-order chi connectivity index (χ1) is 8.61. The van der Waals surface area contributed by atoms with E-state index < -0.39 is 0 Å². The zero-order chi connectivity index (χ0) is 13.0. The Labute approximate surface area is 106 Å². The first kappa shape index (κ1) is 12.5. The summed E-state index contributed by atoms with van der Waals surface area (Å²) in [5, 5.41) is 23.5. The third-order valence-corrected chi connectivity index (χ3v) is 2.68. The lowest BCUT2D eigenvalue weighted by Gasteiger charge is -2.22. The van der Waals surface area contributed by atoms with Crippen LogP contribution in [0.4, 0.5) is 5.69 Å². The van der Waals surface area contributed by atoms with Crippen LogP contribution in [0, 0.1) is 5.41 Å². The third kappa shape index (κ3) is 3.04. The van der Waals surface area contributed by atoms with Gasteiger partial charge in [0, 0.05) is 24.3 Å². The number of aliphatic hydroxyl groups is 1. The maximum Gasteiger partial charge on any atom is 0.143 e. The number of nitrogens with zero attached hydrogens (tertiary/aromatic N) is 4. The average Bonchev–Trinajstić information content (AvgIpc) is 2.91. The van der Waals surface area contributed by atoms with Gasteiger partial charge in [-0.3, -0.25) is 0 Å². The fourth-order valence-electron chi connectivity index (χ4n) is 1.41. The molecule has 2 rings (SSSR count). The average molecular weight is 247 g/mol. The highest BCUT2D eigenvalue weighted by Crippen LogP contribution is 2.17. The number of nitrogens with one attached hydrogen (secondary N) is 1. The molecule has 96 valence electrons. The van der Waals surface area contributed by atoms with Gasteiger partial charge in [-0.25, -0.2) is 4.68 Å². The highest BCUT2D eigenvalue weighted by atomic mass is 16.3. The summed E-state index contributed by atoms with van der Waals surface area (Å²) in [4.78, 5) is 0. The normalized spacial score (nSPS) is 11.5. The number of aliphatic hydroxyl groups excluding tert-OH is 1. The summed E-state index contributed by atoms with van der Waals surface area (Å²) < 4.78 is 1.60. The molecule has 0 aliphatic rings. The Bertz CT molecular complexity index is 478. The molecule has 0 saturated heterocycles. The molecule has 0 saturated carbocycles. The molecule has 6 heteroatoms. The highest BCUT2D eigenvalue weighted by Gasteiger charge is 2.15. The van der Waals surface area contributed by atoms with E-state index in [1.54, 1.807) is 11.0 Å².